The van der Waals surface area contributed by atoms with E-state index in [4.69, 9.17) is 32.7 Å². The second-order valence-electron chi connectivity index (χ2n) is 6.80. The van der Waals surface area contributed by atoms with Crippen LogP contribution in [0.4, 0.5) is 0 Å². The van der Waals surface area contributed by atoms with Crippen molar-refractivity contribution in [3.8, 4) is 5.75 Å². The molecule has 3 aromatic rings. The second kappa shape index (κ2) is 8.87. The van der Waals surface area contributed by atoms with E-state index in [-0.39, 0.29) is 25.2 Å². The number of hydrogen-bond acceptors (Lipinski definition) is 3. The largest absolute Gasteiger partial charge is 0.467 e. The van der Waals surface area contributed by atoms with Crippen LogP contribution in [0.5, 0.6) is 5.75 Å². The van der Waals surface area contributed by atoms with Crippen molar-refractivity contribution < 1.29 is 14.3 Å². The lowest BCUT2D eigenvalue weighted by Gasteiger charge is -2.23. The average molecular weight is 428 g/mol. The Hall–Kier alpha value is -2.53. The van der Waals surface area contributed by atoms with Crippen LogP contribution in [0.25, 0.3) is 0 Å². The highest BCUT2D eigenvalue weighted by Crippen LogP contribution is 2.32. The molecule has 0 fully saturated rings. The van der Waals surface area contributed by atoms with Gasteiger partial charge in [0.2, 0.25) is 5.91 Å². The van der Waals surface area contributed by atoms with Gasteiger partial charge in [0.05, 0.1) is 19.1 Å². The Labute approximate surface area is 179 Å². The summed E-state index contributed by atoms with van der Waals surface area (Å²) in [5.74, 6) is 0.548. The fraction of sp³-hybridized carbons (Fsp3) is 0.174. The summed E-state index contributed by atoms with van der Waals surface area (Å²) in [5, 5.41) is 4.34. The molecule has 1 amide bonds. The van der Waals surface area contributed by atoms with Gasteiger partial charge in [-0.1, -0.05) is 65.7 Å². The van der Waals surface area contributed by atoms with E-state index in [9.17, 15) is 4.79 Å². The summed E-state index contributed by atoms with van der Waals surface area (Å²) >= 11 is 12.3. The number of ether oxygens (including phenoxy) is 2. The lowest BCUT2D eigenvalue weighted by atomic mass is 9.98. The molecule has 0 saturated heterocycles. The number of hydrogen-bond donors (Lipinski definition) is 1. The molecular weight excluding hydrogens is 409 g/mol. The van der Waals surface area contributed by atoms with Gasteiger partial charge in [-0.05, 0) is 35.4 Å². The van der Waals surface area contributed by atoms with Crippen molar-refractivity contribution >= 4 is 29.1 Å². The SMILES string of the molecule is O=C(Cc1cc(Cl)cc2c1OCOC2)NC(c1ccccc1)c1ccc(Cl)cc1. The maximum atomic E-state index is 13.0. The summed E-state index contributed by atoms with van der Waals surface area (Å²) in [5.41, 5.74) is 3.53. The Morgan fingerprint density at radius 1 is 0.966 bits per heavy atom. The van der Waals surface area contributed by atoms with Gasteiger partial charge < -0.3 is 14.8 Å². The van der Waals surface area contributed by atoms with Crippen LogP contribution in [0, 0.1) is 0 Å². The molecule has 1 heterocycles. The number of amides is 1. The highest BCUT2D eigenvalue weighted by Gasteiger charge is 2.21. The number of nitrogens with one attached hydrogen (secondary N) is 1. The van der Waals surface area contributed by atoms with Crippen molar-refractivity contribution in [3.63, 3.8) is 0 Å². The summed E-state index contributed by atoms with van der Waals surface area (Å²) in [4.78, 5) is 13.0. The molecular formula is C23H19Cl2NO3. The fourth-order valence-electron chi connectivity index (χ4n) is 3.43. The molecule has 148 valence electrons. The van der Waals surface area contributed by atoms with Gasteiger partial charge in [-0.3, -0.25) is 4.79 Å². The van der Waals surface area contributed by atoms with Gasteiger partial charge >= 0.3 is 0 Å². The molecule has 29 heavy (non-hydrogen) atoms. The summed E-state index contributed by atoms with van der Waals surface area (Å²) in [6.45, 7) is 0.586. The summed E-state index contributed by atoms with van der Waals surface area (Å²) < 4.78 is 10.9. The van der Waals surface area contributed by atoms with Gasteiger partial charge in [0.15, 0.2) is 6.79 Å². The first kappa shape index (κ1) is 19.8. The summed E-state index contributed by atoms with van der Waals surface area (Å²) in [6, 6.07) is 20.6. The van der Waals surface area contributed by atoms with E-state index in [2.05, 4.69) is 5.32 Å². The van der Waals surface area contributed by atoms with Crippen LogP contribution in [0.1, 0.15) is 28.3 Å². The van der Waals surface area contributed by atoms with Crippen molar-refractivity contribution in [2.75, 3.05) is 6.79 Å². The van der Waals surface area contributed by atoms with Crippen molar-refractivity contribution in [1.82, 2.24) is 5.32 Å². The molecule has 1 aliphatic heterocycles. The van der Waals surface area contributed by atoms with Gasteiger partial charge in [0, 0.05) is 21.2 Å². The molecule has 4 rings (SSSR count). The van der Waals surface area contributed by atoms with E-state index < -0.39 is 0 Å². The van der Waals surface area contributed by atoms with Gasteiger partial charge in [0.25, 0.3) is 0 Å². The lowest BCUT2D eigenvalue weighted by Crippen LogP contribution is -2.31. The third-order valence-corrected chi connectivity index (χ3v) is 5.21. The van der Waals surface area contributed by atoms with Gasteiger partial charge in [-0.15, -0.1) is 0 Å². The van der Waals surface area contributed by atoms with Crippen molar-refractivity contribution in [1.29, 1.82) is 0 Å². The molecule has 6 heteroatoms. The van der Waals surface area contributed by atoms with E-state index in [1.807, 2.05) is 54.6 Å². The highest BCUT2D eigenvalue weighted by molar-refractivity contribution is 6.31. The van der Waals surface area contributed by atoms with Crippen molar-refractivity contribution in [3.05, 3.63) is 99.0 Å². The maximum absolute atomic E-state index is 13.0. The molecule has 3 aromatic carbocycles. The smallest absolute Gasteiger partial charge is 0.225 e. The molecule has 4 nitrogen and oxygen atoms in total. The zero-order valence-electron chi connectivity index (χ0n) is 15.5. The predicted molar refractivity (Wildman–Crippen MR) is 113 cm³/mol. The Balaban J connectivity index is 1.59. The van der Waals surface area contributed by atoms with Crippen LogP contribution in [0.2, 0.25) is 10.0 Å². The van der Waals surface area contributed by atoms with E-state index in [0.29, 0.717) is 22.4 Å². The van der Waals surface area contributed by atoms with E-state index in [1.165, 1.54) is 0 Å². The number of fused-ring (bicyclic) bond motifs is 1. The van der Waals surface area contributed by atoms with Crippen LogP contribution in [0.3, 0.4) is 0 Å². The molecule has 0 aliphatic carbocycles. The standard InChI is InChI=1S/C23H19Cl2NO3/c24-19-8-6-16(7-9-19)22(15-4-2-1-3-5-15)26-21(27)12-17-10-20(25)11-18-13-28-14-29-23(17)18/h1-11,22H,12-14H2,(H,26,27). The molecule has 1 atom stereocenters. The van der Waals surface area contributed by atoms with E-state index in [0.717, 1.165) is 22.3 Å². The van der Waals surface area contributed by atoms with E-state index >= 15 is 0 Å². The zero-order valence-corrected chi connectivity index (χ0v) is 17.0. The monoisotopic (exact) mass is 427 g/mol. The number of rotatable bonds is 5. The Morgan fingerprint density at radius 3 is 2.45 bits per heavy atom. The molecule has 0 aromatic heterocycles. The van der Waals surface area contributed by atoms with Crippen LogP contribution in [-0.2, 0) is 22.6 Å². The first-order chi connectivity index (χ1) is 14.1. The third-order valence-electron chi connectivity index (χ3n) is 4.74. The summed E-state index contributed by atoms with van der Waals surface area (Å²) in [7, 11) is 0. The fourth-order valence-corrected chi connectivity index (χ4v) is 3.82. The average Bonchev–Trinajstić information content (AvgIpc) is 2.73. The minimum atomic E-state index is -0.291. The minimum Gasteiger partial charge on any atom is -0.467 e. The third kappa shape index (κ3) is 4.73. The normalized spacial score (nSPS) is 13.9. The lowest BCUT2D eigenvalue weighted by molar-refractivity contribution is -0.121. The number of benzene rings is 3. The van der Waals surface area contributed by atoms with Crippen LogP contribution in [0.15, 0.2) is 66.7 Å². The molecule has 0 saturated carbocycles. The Morgan fingerprint density at radius 2 is 1.69 bits per heavy atom. The first-order valence-corrected chi connectivity index (χ1v) is 9.97. The number of halogens is 2. The quantitative estimate of drug-likeness (QED) is 0.600. The molecule has 1 N–H and O–H groups in total. The van der Waals surface area contributed by atoms with Crippen LogP contribution in [-0.4, -0.2) is 12.7 Å². The van der Waals surface area contributed by atoms with Gasteiger partial charge in [-0.2, -0.15) is 0 Å². The maximum Gasteiger partial charge on any atom is 0.225 e. The molecule has 0 radical (unpaired) electrons. The predicted octanol–water partition coefficient (Wildman–Crippen LogP) is 5.31. The van der Waals surface area contributed by atoms with Crippen LogP contribution < -0.4 is 10.1 Å². The van der Waals surface area contributed by atoms with Gasteiger partial charge in [-0.25, -0.2) is 0 Å². The van der Waals surface area contributed by atoms with Gasteiger partial charge in [0.1, 0.15) is 5.75 Å². The summed E-state index contributed by atoms with van der Waals surface area (Å²) in [6.07, 6.45) is 0.153. The number of carbonyl (C=O) groups is 1. The molecule has 1 unspecified atom stereocenters. The first-order valence-electron chi connectivity index (χ1n) is 9.22. The number of carbonyl (C=O) groups excluding carboxylic acids is 1. The highest BCUT2D eigenvalue weighted by atomic mass is 35.5. The molecule has 0 spiro atoms. The zero-order chi connectivity index (χ0) is 20.2. The van der Waals surface area contributed by atoms with E-state index in [1.54, 1.807) is 12.1 Å². The van der Waals surface area contributed by atoms with Crippen LogP contribution >= 0.6 is 23.2 Å². The minimum absolute atomic E-state index is 0.131. The molecule has 1 aliphatic rings. The molecule has 0 bridgehead atoms. The Bertz CT molecular complexity index is 1010. The van der Waals surface area contributed by atoms with Crippen molar-refractivity contribution in [2.24, 2.45) is 0 Å². The topological polar surface area (TPSA) is 47.6 Å². The Kier molecular flexibility index (Phi) is 6.05. The van der Waals surface area contributed by atoms with Crippen molar-refractivity contribution in [2.45, 2.75) is 19.1 Å². The second-order valence-corrected chi connectivity index (χ2v) is 7.68.